The van der Waals surface area contributed by atoms with Gasteiger partial charge in [-0.15, -0.1) is 0 Å². The van der Waals surface area contributed by atoms with Gasteiger partial charge < -0.3 is 9.73 Å². The number of primary sulfonamides is 1. The van der Waals surface area contributed by atoms with Crippen molar-refractivity contribution < 1.29 is 17.2 Å². The van der Waals surface area contributed by atoms with Crippen molar-refractivity contribution in [2.24, 2.45) is 5.14 Å². The molecule has 3 aromatic rings. The van der Waals surface area contributed by atoms with Crippen LogP contribution in [0.4, 0.5) is 10.1 Å². The average molecular weight is 346 g/mol. The molecule has 0 saturated heterocycles. The predicted molar refractivity (Wildman–Crippen MR) is 89.2 cm³/mol. The van der Waals surface area contributed by atoms with Gasteiger partial charge in [-0.1, -0.05) is 12.1 Å². The van der Waals surface area contributed by atoms with Crippen LogP contribution in [0.25, 0.3) is 11.3 Å². The Morgan fingerprint density at radius 3 is 2.38 bits per heavy atom. The van der Waals surface area contributed by atoms with Gasteiger partial charge in [-0.05, 0) is 48.5 Å². The number of anilines is 1. The van der Waals surface area contributed by atoms with E-state index in [2.05, 4.69) is 5.32 Å². The molecule has 0 fully saturated rings. The second kappa shape index (κ2) is 6.46. The summed E-state index contributed by atoms with van der Waals surface area (Å²) in [7, 11) is -3.70. The van der Waals surface area contributed by atoms with E-state index in [1.807, 2.05) is 0 Å². The van der Waals surface area contributed by atoms with Gasteiger partial charge in [0.25, 0.3) is 0 Å². The van der Waals surface area contributed by atoms with Crippen molar-refractivity contribution in [1.82, 2.24) is 0 Å². The van der Waals surface area contributed by atoms with E-state index in [0.717, 1.165) is 0 Å². The topological polar surface area (TPSA) is 85.3 Å². The van der Waals surface area contributed by atoms with Crippen LogP contribution in [0.2, 0.25) is 0 Å². The molecule has 0 aliphatic rings. The Morgan fingerprint density at radius 1 is 1.00 bits per heavy atom. The lowest BCUT2D eigenvalue weighted by Crippen LogP contribution is -2.11. The van der Waals surface area contributed by atoms with E-state index in [4.69, 9.17) is 9.56 Å². The summed E-state index contributed by atoms with van der Waals surface area (Å²) < 4.78 is 41.8. The molecule has 0 saturated carbocycles. The highest BCUT2D eigenvalue weighted by Gasteiger charge is 2.10. The zero-order valence-electron chi connectivity index (χ0n) is 12.6. The van der Waals surface area contributed by atoms with Gasteiger partial charge in [-0.2, -0.15) is 0 Å². The Balaban J connectivity index is 1.69. The Hall–Kier alpha value is -2.64. The third-order valence-corrected chi connectivity index (χ3v) is 4.38. The number of benzene rings is 2. The minimum absolute atomic E-state index is 0.0490. The summed E-state index contributed by atoms with van der Waals surface area (Å²) in [6.07, 6.45) is 0. The van der Waals surface area contributed by atoms with Crippen LogP contribution in [0.3, 0.4) is 0 Å². The van der Waals surface area contributed by atoms with E-state index in [9.17, 15) is 12.8 Å². The third kappa shape index (κ3) is 3.64. The summed E-state index contributed by atoms with van der Waals surface area (Å²) in [6.45, 7) is 0.378. The molecule has 1 heterocycles. The molecule has 0 aliphatic heterocycles. The number of furan rings is 1. The highest BCUT2D eigenvalue weighted by molar-refractivity contribution is 7.89. The molecular weight excluding hydrogens is 331 g/mol. The predicted octanol–water partition coefficient (Wildman–Crippen LogP) is 3.35. The summed E-state index contributed by atoms with van der Waals surface area (Å²) in [5.74, 6) is 0.739. The maximum absolute atomic E-state index is 13.7. The second-order valence-corrected chi connectivity index (χ2v) is 6.73. The summed E-state index contributed by atoms with van der Waals surface area (Å²) in [4.78, 5) is 0.0490. The number of hydrogen-bond acceptors (Lipinski definition) is 4. The molecule has 7 heteroatoms. The van der Waals surface area contributed by atoms with E-state index in [0.29, 0.717) is 29.3 Å². The minimum atomic E-state index is -3.70. The molecule has 2 aromatic carbocycles. The molecule has 0 unspecified atom stereocenters. The Morgan fingerprint density at radius 2 is 1.71 bits per heavy atom. The first-order valence-corrected chi connectivity index (χ1v) is 8.68. The van der Waals surface area contributed by atoms with Crippen LogP contribution in [0, 0.1) is 5.82 Å². The van der Waals surface area contributed by atoms with E-state index >= 15 is 0 Å². The first-order chi connectivity index (χ1) is 11.4. The maximum Gasteiger partial charge on any atom is 0.238 e. The molecule has 5 nitrogen and oxygen atoms in total. The maximum atomic E-state index is 13.7. The molecular formula is C17H15FN2O3S. The number of rotatable bonds is 5. The normalized spacial score (nSPS) is 11.4. The lowest BCUT2D eigenvalue weighted by molar-refractivity contribution is 0.525. The molecule has 0 aliphatic carbocycles. The van der Waals surface area contributed by atoms with Crippen molar-refractivity contribution in [2.75, 3.05) is 5.32 Å². The second-order valence-electron chi connectivity index (χ2n) is 5.17. The molecule has 1 aromatic heterocycles. The summed E-state index contributed by atoms with van der Waals surface area (Å²) in [5.41, 5.74) is 1.12. The van der Waals surface area contributed by atoms with Gasteiger partial charge in [0.05, 0.1) is 17.0 Å². The van der Waals surface area contributed by atoms with Gasteiger partial charge in [0.15, 0.2) is 0 Å². The van der Waals surface area contributed by atoms with Crippen molar-refractivity contribution in [3.05, 3.63) is 72.2 Å². The van der Waals surface area contributed by atoms with Crippen molar-refractivity contribution in [3.63, 3.8) is 0 Å². The monoisotopic (exact) mass is 346 g/mol. The smallest absolute Gasteiger partial charge is 0.238 e. The lowest BCUT2D eigenvalue weighted by Gasteiger charge is -2.05. The fourth-order valence-corrected chi connectivity index (χ4v) is 2.75. The molecule has 0 spiro atoms. The standard InChI is InChI=1S/C17H15FN2O3S/c18-16-4-2-1-3-15(16)17-10-7-13(23-17)11-20-12-5-8-14(9-6-12)24(19,21)22/h1-10,20H,11H2,(H2,19,21,22). The third-order valence-electron chi connectivity index (χ3n) is 3.45. The fraction of sp³-hybridized carbons (Fsp3) is 0.0588. The van der Waals surface area contributed by atoms with Crippen LogP contribution >= 0.6 is 0 Å². The summed E-state index contributed by atoms with van der Waals surface area (Å²) in [6, 6.07) is 15.9. The largest absolute Gasteiger partial charge is 0.459 e. The highest BCUT2D eigenvalue weighted by atomic mass is 32.2. The van der Waals surface area contributed by atoms with Gasteiger partial charge >= 0.3 is 0 Å². The van der Waals surface area contributed by atoms with E-state index in [1.54, 1.807) is 42.5 Å². The zero-order chi connectivity index (χ0) is 17.2. The zero-order valence-corrected chi connectivity index (χ0v) is 13.4. The van der Waals surface area contributed by atoms with Gasteiger partial charge in [-0.25, -0.2) is 17.9 Å². The van der Waals surface area contributed by atoms with Crippen molar-refractivity contribution in [1.29, 1.82) is 0 Å². The van der Waals surface area contributed by atoms with E-state index in [-0.39, 0.29) is 10.7 Å². The van der Waals surface area contributed by atoms with Crippen LogP contribution in [-0.4, -0.2) is 8.42 Å². The first kappa shape index (κ1) is 16.2. The quantitative estimate of drug-likeness (QED) is 0.742. The molecule has 124 valence electrons. The van der Waals surface area contributed by atoms with Crippen LogP contribution in [0.1, 0.15) is 5.76 Å². The van der Waals surface area contributed by atoms with Crippen LogP contribution < -0.4 is 10.5 Å². The van der Waals surface area contributed by atoms with Crippen LogP contribution in [0.15, 0.2) is 70.0 Å². The average Bonchev–Trinajstić information content (AvgIpc) is 3.02. The molecule has 3 rings (SSSR count). The fourth-order valence-electron chi connectivity index (χ4n) is 2.23. The molecule has 24 heavy (non-hydrogen) atoms. The van der Waals surface area contributed by atoms with Gasteiger partial charge in [0, 0.05) is 5.69 Å². The van der Waals surface area contributed by atoms with Crippen molar-refractivity contribution in [2.45, 2.75) is 11.4 Å². The number of sulfonamides is 1. The van der Waals surface area contributed by atoms with Crippen molar-refractivity contribution >= 4 is 15.7 Å². The van der Waals surface area contributed by atoms with Crippen LogP contribution in [-0.2, 0) is 16.6 Å². The van der Waals surface area contributed by atoms with Gasteiger partial charge in [0.1, 0.15) is 17.3 Å². The van der Waals surface area contributed by atoms with E-state index in [1.165, 1.54) is 18.2 Å². The Bertz CT molecular complexity index is 950. The molecule has 0 bridgehead atoms. The Kier molecular flexibility index (Phi) is 4.37. The summed E-state index contributed by atoms with van der Waals surface area (Å²) in [5, 5.41) is 8.14. The summed E-state index contributed by atoms with van der Waals surface area (Å²) >= 11 is 0. The number of nitrogens with two attached hydrogens (primary N) is 1. The van der Waals surface area contributed by atoms with Crippen LogP contribution in [0.5, 0.6) is 0 Å². The Labute approximate surface area is 139 Å². The van der Waals surface area contributed by atoms with E-state index < -0.39 is 10.0 Å². The lowest BCUT2D eigenvalue weighted by atomic mass is 10.1. The SMILES string of the molecule is NS(=O)(=O)c1ccc(NCc2ccc(-c3ccccc3F)o2)cc1. The molecule has 0 atom stereocenters. The molecule has 0 amide bonds. The number of hydrogen-bond donors (Lipinski definition) is 2. The minimum Gasteiger partial charge on any atom is -0.459 e. The number of nitrogens with one attached hydrogen (secondary N) is 1. The van der Waals surface area contributed by atoms with Crippen molar-refractivity contribution in [3.8, 4) is 11.3 Å². The molecule has 0 radical (unpaired) electrons. The van der Waals surface area contributed by atoms with Gasteiger partial charge in [0.2, 0.25) is 10.0 Å². The molecule has 3 N–H and O–H groups in total. The highest BCUT2D eigenvalue weighted by Crippen LogP contribution is 2.25. The number of halogens is 1. The first-order valence-electron chi connectivity index (χ1n) is 7.14. The van der Waals surface area contributed by atoms with Gasteiger partial charge in [-0.3, -0.25) is 0 Å².